The maximum Gasteiger partial charge on any atom is 0.247 e. The highest BCUT2D eigenvalue weighted by Gasteiger charge is 2.39. The first-order chi connectivity index (χ1) is 11.8. The monoisotopic (exact) mass is 359 g/mol. The molecule has 2 atom stereocenters. The number of amides is 2. The number of unbranched alkanes of at least 4 members (excludes halogenated alkanes) is 2. The Hall–Kier alpha value is -1.23. The largest absolute Gasteiger partial charge is 0.274 e. The molecule has 0 radical (unpaired) electrons. The highest BCUT2D eigenvalue weighted by molar-refractivity contribution is 8.00. The quantitative estimate of drug-likeness (QED) is 0.401. The molecule has 3 nitrogen and oxygen atoms in total. The van der Waals surface area contributed by atoms with Crippen molar-refractivity contribution in [3.8, 4) is 0 Å². The van der Waals surface area contributed by atoms with Crippen molar-refractivity contribution >= 4 is 37.1 Å². The van der Waals surface area contributed by atoms with E-state index in [4.69, 9.17) is 0 Å². The number of carbonyl (C=O) groups excluding carboxylic acids is 2. The lowest BCUT2D eigenvalue weighted by Gasteiger charge is -2.30. The minimum atomic E-state index is -0.212. The average molecular weight is 359 g/mol. The van der Waals surface area contributed by atoms with E-state index >= 15 is 0 Å². The van der Waals surface area contributed by atoms with E-state index in [1.165, 1.54) is 23.3 Å². The second-order valence-electron chi connectivity index (χ2n) is 7.76. The number of anilines is 1. The first kappa shape index (κ1) is 20.1. The molecule has 1 aromatic carbocycles. The molecule has 0 saturated carbocycles. The van der Waals surface area contributed by atoms with Crippen LogP contribution in [0.5, 0.6) is 0 Å². The molecule has 0 N–H and O–H groups in total. The summed E-state index contributed by atoms with van der Waals surface area (Å²) in [6.45, 7) is 8.83. The molecule has 2 amide bonds. The van der Waals surface area contributed by atoms with Gasteiger partial charge in [0.1, 0.15) is 7.85 Å². The molecule has 1 aromatic rings. The van der Waals surface area contributed by atoms with E-state index in [1.807, 2.05) is 12.1 Å². The van der Waals surface area contributed by atoms with E-state index in [0.717, 1.165) is 12.2 Å². The highest BCUT2D eigenvalue weighted by atomic mass is 32.2. The zero-order valence-electron chi connectivity index (χ0n) is 16.2. The van der Waals surface area contributed by atoms with Crippen molar-refractivity contribution in [3.05, 3.63) is 29.8 Å². The molecule has 1 saturated heterocycles. The molecule has 1 heterocycles. The molecule has 0 aliphatic carbocycles. The Morgan fingerprint density at radius 2 is 1.88 bits per heavy atom. The van der Waals surface area contributed by atoms with Crippen LogP contribution in [0.4, 0.5) is 5.69 Å². The van der Waals surface area contributed by atoms with Gasteiger partial charge in [-0.1, -0.05) is 58.5 Å². The first-order valence-corrected chi connectivity index (χ1v) is 10.4. The van der Waals surface area contributed by atoms with Crippen LogP contribution < -0.4 is 4.90 Å². The summed E-state index contributed by atoms with van der Waals surface area (Å²) in [5.41, 5.74) is 2.00. The number of nitrogens with zero attached hydrogens (tertiary/aromatic N) is 1. The van der Waals surface area contributed by atoms with Gasteiger partial charge in [0.25, 0.3) is 0 Å². The van der Waals surface area contributed by atoms with Crippen molar-refractivity contribution in [2.24, 2.45) is 0 Å². The van der Waals surface area contributed by atoms with Gasteiger partial charge in [-0.15, -0.1) is 11.8 Å². The van der Waals surface area contributed by atoms with Crippen LogP contribution in [0.25, 0.3) is 0 Å². The Morgan fingerprint density at radius 3 is 2.44 bits per heavy atom. The summed E-state index contributed by atoms with van der Waals surface area (Å²) in [4.78, 5) is 26.4. The summed E-state index contributed by atoms with van der Waals surface area (Å²) in [5.74, 6) is 1.33. The summed E-state index contributed by atoms with van der Waals surface area (Å²) in [7, 11) is 2.21. The fourth-order valence-corrected chi connectivity index (χ4v) is 4.12. The van der Waals surface area contributed by atoms with Gasteiger partial charge in [-0.25, -0.2) is 4.90 Å². The first-order valence-electron chi connectivity index (χ1n) is 9.38. The summed E-state index contributed by atoms with van der Waals surface area (Å²) >= 11 is 1.63. The fraction of sp³-hybridized carbons (Fsp3) is 0.600. The van der Waals surface area contributed by atoms with Gasteiger partial charge in [0.05, 0.1) is 10.9 Å². The van der Waals surface area contributed by atoms with E-state index < -0.39 is 0 Å². The molecule has 0 spiro atoms. The zero-order chi connectivity index (χ0) is 18.6. The van der Waals surface area contributed by atoms with Gasteiger partial charge in [-0.2, -0.15) is 0 Å². The predicted molar refractivity (Wildman–Crippen MR) is 110 cm³/mol. The Labute approximate surface area is 157 Å². The van der Waals surface area contributed by atoms with E-state index in [0.29, 0.717) is 17.9 Å². The van der Waals surface area contributed by atoms with Crippen molar-refractivity contribution in [1.29, 1.82) is 0 Å². The average Bonchev–Trinajstić information content (AvgIpc) is 2.85. The molecular formula is C20H30BNO2S. The minimum Gasteiger partial charge on any atom is -0.274 e. The van der Waals surface area contributed by atoms with Gasteiger partial charge in [-0.05, 0) is 35.3 Å². The molecular weight excluding hydrogens is 329 g/mol. The molecule has 0 aromatic heterocycles. The lowest BCUT2D eigenvalue weighted by Crippen LogP contribution is -2.31. The van der Waals surface area contributed by atoms with Gasteiger partial charge in [0.2, 0.25) is 11.8 Å². The highest BCUT2D eigenvalue weighted by Crippen LogP contribution is 2.36. The van der Waals surface area contributed by atoms with Crippen molar-refractivity contribution < 1.29 is 9.59 Å². The summed E-state index contributed by atoms with van der Waals surface area (Å²) in [5, 5.41) is -0.212. The topological polar surface area (TPSA) is 37.4 Å². The van der Waals surface area contributed by atoms with Gasteiger partial charge in [0.15, 0.2) is 0 Å². The Bertz CT molecular complexity index is 613. The standard InChI is InChI=1S/C20H30BNO2S/c1-5-6-7-12-25-17-13-18(23)22(19(17)24)16-10-8-15(9-11-16)20(3,4)14(2)21/h8-11,14,17H,5-7,12-13,21H2,1-4H3. The Balaban J connectivity index is 2.08. The molecule has 5 heteroatoms. The predicted octanol–water partition coefficient (Wildman–Crippen LogP) is 3.96. The third-order valence-electron chi connectivity index (χ3n) is 5.49. The fourth-order valence-electron chi connectivity index (χ4n) is 2.96. The van der Waals surface area contributed by atoms with E-state index in [2.05, 4.69) is 47.7 Å². The second kappa shape index (κ2) is 8.44. The van der Waals surface area contributed by atoms with Crippen LogP contribution >= 0.6 is 11.8 Å². The number of hydrogen-bond acceptors (Lipinski definition) is 3. The lowest BCUT2D eigenvalue weighted by molar-refractivity contribution is -0.121. The summed E-state index contributed by atoms with van der Waals surface area (Å²) in [6.07, 6.45) is 3.79. The molecule has 0 bridgehead atoms. The van der Waals surface area contributed by atoms with Gasteiger partial charge < -0.3 is 0 Å². The second-order valence-corrected chi connectivity index (χ2v) is 9.07. The third kappa shape index (κ3) is 4.49. The van der Waals surface area contributed by atoms with Gasteiger partial charge in [0, 0.05) is 6.42 Å². The maximum absolute atomic E-state index is 12.7. The number of rotatable bonds is 8. The maximum atomic E-state index is 12.7. The number of carbonyl (C=O) groups is 2. The molecule has 136 valence electrons. The SMILES string of the molecule is BC(C)C(C)(C)c1ccc(N2C(=O)CC(SCCCCC)C2=O)cc1. The normalized spacial score (nSPS) is 19.5. The van der Waals surface area contributed by atoms with Gasteiger partial charge in [-0.3, -0.25) is 9.59 Å². The van der Waals surface area contributed by atoms with Crippen molar-refractivity contribution in [2.75, 3.05) is 10.7 Å². The van der Waals surface area contributed by atoms with Crippen molar-refractivity contribution in [3.63, 3.8) is 0 Å². The molecule has 2 rings (SSSR count). The van der Waals surface area contributed by atoms with Crippen molar-refractivity contribution in [1.82, 2.24) is 0 Å². The van der Waals surface area contributed by atoms with E-state index in [9.17, 15) is 9.59 Å². The smallest absolute Gasteiger partial charge is 0.247 e. The number of hydrogen-bond donors (Lipinski definition) is 0. The van der Waals surface area contributed by atoms with E-state index in [1.54, 1.807) is 11.8 Å². The molecule has 25 heavy (non-hydrogen) atoms. The number of benzene rings is 1. The van der Waals surface area contributed by atoms with Crippen LogP contribution in [-0.4, -0.2) is 30.7 Å². The molecule has 1 aliphatic heterocycles. The van der Waals surface area contributed by atoms with Gasteiger partial charge >= 0.3 is 0 Å². The molecule has 1 aliphatic rings. The zero-order valence-corrected chi connectivity index (χ0v) is 17.0. The summed E-state index contributed by atoms with van der Waals surface area (Å²) in [6, 6.07) is 7.94. The van der Waals surface area contributed by atoms with Crippen LogP contribution in [0.15, 0.2) is 24.3 Å². The van der Waals surface area contributed by atoms with Crippen LogP contribution in [-0.2, 0) is 15.0 Å². The molecule has 2 unspecified atom stereocenters. The van der Waals surface area contributed by atoms with Crippen molar-refractivity contribution in [2.45, 2.75) is 69.9 Å². The van der Waals surface area contributed by atoms with Crippen LogP contribution in [0, 0.1) is 0 Å². The van der Waals surface area contributed by atoms with E-state index in [-0.39, 0.29) is 22.5 Å². The van der Waals surface area contributed by atoms with Crippen LogP contribution in [0.1, 0.15) is 58.9 Å². The third-order valence-corrected chi connectivity index (χ3v) is 6.78. The lowest BCUT2D eigenvalue weighted by atomic mass is 9.65. The Kier molecular flexibility index (Phi) is 6.78. The number of imide groups is 1. The Morgan fingerprint density at radius 1 is 1.24 bits per heavy atom. The molecule has 1 fully saturated rings. The minimum absolute atomic E-state index is 0.0534. The van der Waals surface area contributed by atoms with Crippen LogP contribution in [0.3, 0.4) is 0 Å². The van der Waals surface area contributed by atoms with Crippen LogP contribution in [0.2, 0.25) is 5.82 Å². The summed E-state index contributed by atoms with van der Waals surface area (Å²) < 4.78 is 0. The number of thioether (sulfide) groups is 1.